The van der Waals surface area contributed by atoms with Crippen molar-refractivity contribution in [2.45, 2.75) is 62.9 Å². The van der Waals surface area contributed by atoms with Crippen LogP contribution in [0.4, 0.5) is 0 Å². The molecular formula is C20H31N3O5S. The van der Waals surface area contributed by atoms with Gasteiger partial charge in [0, 0.05) is 13.2 Å². The first-order valence-electron chi connectivity index (χ1n) is 10.6. The van der Waals surface area contributed by atoms with Crippen LogP contribution in [0.25, 0.3) is 0 Å². The summed E-state index contributed by atoms with van der Waals surface area (Å²) in [7, 11) is -1.96. The Kier molecular flexibility index (Phi) is 6.27. The molecule has 3 aliphatic rings. The van der Waals surface area contributed by atoms with Crippen LogP contribution in [0.5, 0.6) is 0 Å². The lowest BCUT2D eigenvalue weighted by atomic mass is 9.97. The molecule has 4 rings (SSSR count). The molecule has 1 atom stereocenters. The fraction of sp³-hybridized carbons (Fsp3) is 0.800. The zero-order chi connectivity index (χ0) is 20.4. The first kappa shape index (κ1) is 20.8. The number of piperidine rings is 1. The molecule has 0 N–H and O–H groups in total. The van der Waals surface area contributed by atoms with Gasteiger partial charge in [-0.25, -0.2) is 13.4 Å². The Morgan fingerprint density at radius 3 is 2.62 bits per heavy atom. The van der Waals surface area contributed by atoms with Gasteiger partial charge < -0.3 is 14.0 Å². The lowest BCUT2D eigenvalue weighted by Crippen LogP contribution is -2.37. The smallest absolute Gasteiger partial charge is 0.308 e. The number of ether oxygens (including phenoxy) is 2. The lowest BCUT2D eigenvalue weighted by Gasteiger charge is -2.30. The van der Waals surface area contributed by atoms with Crippen molar-refractivity contribution in [2.24, 2.45) is 11.8 Å². The zero-order valence-corrected chi connectivity index (χ0v) is 17.9. The Labute approximate surface area is 172 Å². The van der Waals surface area contributed by atoms with Crippen LogP contribution < -0.4 is 0 Å². The molecule has 0 bridgehead atoms. The summed E-state index contributed by atoms with van der Waals surface area (Å²) in [5.74, 6) is 0.303. The normalized spacial score (nSPS) is 24.1. The molecule has 1 saturated carbocycles. The predicted octanol–water partition coefficient (Wildman–Crippen LogP) is 1.63. The summed E-state index contributed by atoms with van der Waals surface area (Å²) in [5.41, 5.74) is 0.909. The monoisotopic (exact) mass is 425 g/mol. The molecule has 0 spiro atoms. The molecule has 9 heteroatoms. The molecule has 162 valence electrons. The number of hydrogen-bond donors (Lipinski definition) is 0. The third-order valence-electron chi connectivity index (χ3n) is 6.25. The summed E-state index contributed by atoms with van der Waals surface area (Å²) < 4.78 is 38.4. The van der Waals surface area contributed by atoms with Crippen molar-refractivity contribution in [2.75, 3.05) is 32.6 Å². The van der Waals surface area contributed by atoms with Crippen LogP contribution in [0.2, 0.25) is 0 Å². The molecule has 29 heavy (non-hydrogen) atoms. The van der Waals surface area contributed by atoms with Gasteiger partial charge in [0.2, 0.25) is 15.0 Å². The minimum Gasteiger partial charge on any atom is -0.469 e. The number of methoxy groups -OCH3 is 1. The van der Waals surface area contributed by atoms with Crippen LogP contribution in [-0.4, -0.2) is 67.5 Å². The molecule has 2 aliphatic heterocycles. The van der Waals surface area contributed by atoms with E-state index in [4.69, 9.17) is 9.47 Å². The van der Waals surface area contributed by atoms with E-state index in [9.17, 15) is 13.2 Å². The van der Waals surface area contributed by atoms with E-state index in [1.54, 1.807) is 6.20 Å². The van der Waals surface area contributed by atoms with Crippen LogP contribution >= 0.6 is 0 Å². The van der Waals surface area contributed by atoms with Crippen molar-refractivity contribution in [3.05, 3.63) is 11.9 Å². The highest BCUT2D eigenvalue weighted by Gasteiger charge is 2.34. The SMILES string of the molecule is COC(=O)C1CCN(Cc2cnc(S(=O)(=O)CC3CC3)n2CC2CCCO2)CC1. The fourth-order valence-electron chi connectivity index (χ4n) is 4.35. The molecule has 0 aromatic carbocycles. The van der Waals surface area contributed by atoms with Crippen LogP contribution in [0.3, 0.4) is 0 Å². The number of nitrogens with zero attached hydrogens (tertiary/aromatic N) is 3. The number of esters is 1. The van der Waals surface area contributed by atoms with Gasteiger partial charge in [0.25, 0.3) is 0 Å². The van der Waals surface area contributed by atoms with E-state index in [1.165, 1.54) is 7.11 Å². The number of aromatic nitrogens is 2. The predicted molar refractivity (Wildman–Crippen MR) is 106 cm³/mol. The number of carbonyl (C=O) groups excluding carboxylic acids is 1. The van der Waals surface area contributed by atoms with Crippen LogP contribution in [-0.2, 0) is 37.2 Å². The average Bonchev–Trinajstić information content (AvgIpc) is 3.19. The molecular weight excluding hydrogens is 394 g/mol. The van der Waals surface area contributed by atoms with E-state index in [2.05, 4.69) is 9.88 Å². The maximum Gasteiger partial charge on any atom is 0.308 e. The van der Waals surface area contributed by atoms with Gasteiger partial charge in [-0.1, -0.05) is 0 Å². The Morgan fingerprint density at radius 2 is 2.00 bits per heavy atom. The van der Waals surface area contributed by atoms with E-state index in [-0.39, 0.29) is 34.8 Å². The Hall–Kier alpha value is -1.45. The summed E-state index contributed by atoms with van der Waals surface area (Å²) in [5, 5.41) is 0.194. The van der Waals surface area contributed by atoms with Crippen molar-refractivity contribution < 1.29 is 22.7 Å². The van der Waals surface area contributed by atoms with Crippen molar-refractivity contribution >= 4 is 15.8 Å². The Bertz CT molecular complexity index is 819. The summed E-state index contributed by atoms with van der Waals surface area (Å²) in [6.45, 7) is 3.48. The third kappa shape index (κ3) is 5.00. The van der Waals surface area contributed by atoms with E-state index < -0.39 is 9.84 Å². The van der Waals surface area contributed by atoms with Crippen LogP contribution in [0.15, 0.2) is 11.4 Å². The number of imidazole rings is 1. The third-order valence-corrected chi connectivity index (χ3v) is 8.04. The minimum absolute atomic E-state index is 0.0393. The first-order valence-corrected chi connectivity index (χ1v) is 12.3. The molecule has 1 aliphatic carbocycles. The maximum absolute atomic E-state index is 12.9. The number of carbonyl (C=O) groups is 1. The number of likely N-dealkylation sites (tertiary alicyclic amines) is 1. The quantitative estimate of drug-likeness (QED) is 0.585. The summed E-state index contributed by atoms with van der Waals surface area (Å²) in [4.78, 5) is 18.4. The van der Waals surface area contributed by atoms with Crippen LogP contribution in [0.1, 0.15) is 44.2 Å². The molecule has 0 amide bonds. The van der Waals surface area contributed by atoms with Crippen molar-refractivity contribution in [1.82, 2.24) is 14.5 Å². The van der Waals surface area contributed by atoms with E-state index in [0.29, 0.717) is 13.1 Å². The lowest BCUT2D eigenvalue weighted by molar-refractivity contribution is -0.147. The van der Waals surface area contributed by atoms with Gasteiger partial charge >= 0.3 is 5.97 Å². The molecule has 1 aromatic heterocycles. The highest BCUT2D eigenvalue weighted by Crippen LogP contribution is 2.32. The summed E-state index contributed by atoms with van der Waals surface area (Å²) in [6.07, 6.45) is 7.23. The van der Waals surface area contributed by atoms with Gasteiger partial charge in [-0.2, -0.15) is 0 Å². The summed E-state index contributed by atoms with van der Waals surface area (Å²) >= 11 is 0. The number of hydrogen-bond acceptors (Lipinski definition) is 7. The van der Waals surface area contributed by atoms with E-state index in [1.807, 2.05) is 4.57 Å². The molecule has 3 fully saturated rings. The highest BCUT2D eigenvalue weighted by molar-refractivity contribution is 7.91. The van der Waals surface area contributed by atoms with Crippen LogP contribution in [0, 0.1) is 11.8 Å². The number of rotatable bonds is 8. The van der Waals surface area contributed by atoms with E-state index >= 15 is 0 Å². The van der Waals surface area contributed by atoms with Gasteiger partial charge in [0.15, 0.2) is 0 Å². The largest absolute Gasteiger partial charge is 0.469 e. The van der Waals surface area contributed by atoms with Gasteiger partial charge in [0.1, 0.15) is 0 Å². The van der Waals surface area contributed by atoms with E-state index in [0.717, 1.165) is 63.9 Å². The van der Waals surface area contributed by atoms with Gasteiger partial charge in [-0.15, -0.1) is 0 Å². The second-order valence-electron chi connectivity index (χ2n) is 8.58. The fourth-order valence-corrected chi connectivity index (χ4v) is 6.19. The van der Waals surface area contributed by atoms with Crippen molar-refractivity contribution in [1.29, 1.82) is 0 Å². The average molecular weight is 426 g/mol. The molecule has 1 aromatic rings. The minimum atomic E-state index is -3.40. The van der Waals surface area contributed by atoms with Crippen molar-refractivity contribution in [3.8, 4) is 0 Å². The molecule has 8 nitrogen and oxygen atoms in total. The van der Waals surface area contributed by atoms with Crippen molar-refractivity contribution in [3.63, 3.8) is 0 Å². The first-order chi connectivity index (χ1) is 14.0. The summed E-state index contributed by atoms with van der Waals surface area (Å²) in [6, 6.07) is 0. The molecule has 3 heterocycles. The topological polar surface area (TPSA) is 90.7 Å². The van der Waals surface area contributed by atoms with Gasteiger partial charge in [0.05, 0.1) is 43.3 Å². The second kappa shape index (κ2) is 8.73. The second-order valence-corrected chi connectivity index (χ2v) is 10.5. The Morgan fingerprint density at radius 1 is 1.24 bits per heavy atom. The standard InChI is InChI=1S/C20H31N3O5S/c1-27-19(24)16-6-8-22(9-7-16)12-17-11-21-20(29(25,26)14-15-4-5-15)23(17)13-18-3-2-10-28-18/h11,15-16,18H,2-10,12-14H2,1H3. The van der Waals surface area contributed by atoms with Gasteiger partial charge in [-0.3, -0.25) is 9.69 Å². The molecule has 0 radical (unpaired) electrons. The zero-order valence-electron chi connectivity index (χ0n) is 17.1. The highest BCUT2D eigenvalue weighted by atomic mass is 32.2. The molecule has 2 saturated heterocycles. The van der Waals surface area contributed by atoms with Gasteiger partial charge in [-0.05, 0) is 57.5 Å². The molecule has 1 unspecified atom stereocenters. The Balaban J connectivity index is 1.49. The number of sulfone groups is 1. The maximum atomic E-state index is 12.9.